The molecule has 0 spiro atoms. The molecule has 19 heavy (non-hydrogen) atoms. The van der Waals surface area contributed by atoms with Crippen molar-refractivity contribution in [2.45, 2.75) is 10.3 Å². The van der Waals surface area contributed by atoms with Crippen molar-refractivity contribution < 1.29 is 4.57 Å². The Morgan fingerprint density at radius 2 is 1.79 bits per heavy atom. The van der Waals surface area contributed by atoms with E-state index < -0.39 is 0 Å². The van der Waals surface area contributed by atoms with Crippen LogP contribution >= 0.6 is 23.5 Å². The summed E-state index contributed by atoms with van der Waals surface area (Å²) in [6.45, 7) is 0. The lowest BCUT2D eigenvalue weighted by molar-refractivity contribution is -0.613. The van der Waals surface area contributed by atoms with Crippen molar-refractivity contribution in [2.75, 3.05) is 12.5 Å². The molecule has 0 aliphatic heterocycles. The summed E-state index contributed by atoms with van der Waals surface area (Å²) in [5.41, 5.74) is 1.09. The molecule has 1 aromatic carbocycles. The summed E-state index contributed by atoms with van der Waals surface area (Å²) in [6, 6.07) is 10.2. The summed E-state index contributed by atoms with van der Waals surface area (Å²) >= 11 is 3.22. The molecule has 0 saturated carbocycles. The Hall–Kier alpha value is -1.47. The summed E-state index contributed by atoms with van der Waals surface area (Å²) in [5.74, 6) is 0.958. The molecule has 0 atom stereocenters. The van der Waals surface area contributed by atoms with Crippen LogP contribution in [-0.2, 0) is 7.05 Å². The van der Waals surface area contributed by atoms with Crippen molar-refractivity contribution in [1.29, 1.82) is 0 Å². The van der Waals surface area contributed by atoms with Gasteiger partial charge in [0.05, 0.1) is 12.7 Å². The maximum absolute atomic E-state index is 4.64. The SMILES string of the molecule is CSc1nn(C)c2n1nc(SC)[n+]2-c1ccccc1. The van der Waals surface area contributed by atoms with Gasteiger partial charge in [-0.05, 0) is 24.6 Å². The lowest BCUT2D eigenvalue weighted by atomic mass is 10.3. The van der Waals surface area contributed by atoms with Gasteiger partial charge in [-0.3, -0.25) is 0 Å². The molecular formula is C12H14N5S2+. The first-order valence-electron chi connectivity index (χ1n) is 5.77. The number of aryl methyl sites for hydroxylation is 1. The van der Waals surface area contributed by atoms with Crippen LogP contribution in [-0.4, -0.2) is 31.9 Å². The Bertz CT molecular complexity index is 717. The van der Waals surface area contributed by atoms with Gasteiger partial charge in [0, 0.05) is 5.10 Å². The number of hydrogen-bond acceptors (Lipinski definition) is 4. The average molecular weight is 292 g/mol. The van der Waals surface area contributed by atoms with Crippen molar-refractivity contribution in [3.8, 4) is 5.69 Å². The minimum Gasteiger partial charge on any atom is -0.179 e. The summed E-state index contributed by atoms with van der Waals surface area (Å²) < 4.78 is 5.88. The number of hydrogen-bond donors (Lipinski definition) is 0. The first-order valence-corrected chi connectivity index (χ1v) is 8.22. The topological polar surface area (TPSA) is 39.0 Å². The van der Waals surface area contributed by atoms with Gasteiger partial charge in [0.1, 0.15) is 0 Å². The molecule has 2 aromatic heterocycles. The predicted molar refractivity (Wildman–Crippen MR) is 77.1 cm³/mol. The zero-order valence-corrected chi connectivity index (χ0v) is 12.6. The molecule has 0 radical (unpaired) electrons. The molecule has 0 fully saturated rings. The van der Waals surface area contributed by atoms with Gasteiger partial charge in [0.25, 0.3) is 5.16 Å². The molecule has 0 saturated heterocycles. The Morgan fingerprint density at radius 1 is 1.05 bits per heavy atom. The number of benzene rings is 1. The third-order valence-electron chi connectivity index (χ3n) is 2.85. The standard InChI is InChI=1S/C12H14N5S2/c1-15-12-16(9-7-5-4-6-8-9)10(18-2)14-17(12)11(13-15)19-3/h4-8H,1-3H3/q+1. The van der Waals surface area contributed by atoms with E-state index in [9.17, 15) is 0 Å². The maximum atomic E-state index is 4.64. The zero-order valence-electron chi connectivity index (χ0n) is 10.9. The molecule has 98 valence electrons. The Labute approximate surface area is 119 Å². The fourth-order valence-electron chi connectivity index (χ4n) is 2.04. The van der Waals surface area contributed by atoms with Crippen molar-refractivity contribution in [1.82, 2.24) is 19.4 Å². The van der Waals surface area contributed by atoms with Crippen LogP contribution < -0.4 is 4.57 Å². The number of para-hydroxylation sites is 1. The molecule has 0 bridgehead atoms. The average Bonchev–Trinajstić information content (AvgIpc) is 2.97. The van der Waals surface area contributed by atoms with E-state index in [1.165, 1.54) is 0 Å². The van der Waals surface area contributed by atoms with Crippen LogP contribution in [0.4, 0.5) is 0 Å². The van der Waals surface area contributed by atoms with Gasteiger partial charge in [-0.1, -0.05) is 51.3 Å². The first kappa shape index (κ1) is 12.6. The highest BCUT2D eigenvalue weighted by molar-refractivity contribution is 7.98. The molecule has 3 aromatic rings. The number of fused-ring (bicyclic) bond motifs is 1. The van der Waals surface area contributed by atoms with Crippen molar-refractivity contribution >= 4 is 29.3 Å². The van der Waals surface area contributed by atoms with Crippen molar-refractivity contribution in [3.05, 3.63) is 30.3 Å². The highest BCUT2D eigenvalue weighted by Gasteiger charge is 2.27. The van der Waals surface area contributed by atoms with Crippen LogP contribution in [0, 0.1) is 0 Å². The predicted octanol–water partition coefficient (Wildman–Crippen LogP) is 1.79. The number of aromatic nitrogens is 5. The minimum atomic E-state index is 0.891. The van der Waals surface area contributed by atoms with Crippen LogP contribution in [0.1, 0.15) is 0 Å². The summed E-state index contributed by atoms with van der Waals surface area (Å²) in [5, 5.41) is 11.0. The number of nitrogens with zero attached hydrogens (tertiary/aromatic N) is 5. The Balaban J connectivity index is 2.36. The lowest BCUT2D eigenvalue weighted by Gasteiger charge is -1.99. The zero-order chi connectivity index (χ0) is 13.4. The van der Waals surface area contributed by atoms with Gasteiger partial charge in [-0.25, -0.2) is 0 Å². The van der Waals surface area contributed by atoms with E-state index in [0.29, 0.717) is 0 Å². The van der Waals surface area contributed by atoms with Gasteiger partial charge < -0.3 is 0 Å². The normalized spacial score (nSPS) is 11.3. The van der Waals surface area contributed by atoms with Gasteiger partial charge in [-0.15, -0.1) is 0 Å². The second-order valence-corrected chi connectivity index (χ2v) is 5.53. The van der Waals surface area contributed by atoms with Gasteiger partial charge in [0.15, 0.2) is 0 Å². The number of rotatable bonds is 3. The summed E-state index contributed by atoms with van der Waals surface area (Å²) in [7, 11) is 1.94. The molecule has 0 unspecified atom stereocenters. The summed E-state index contributed by atoms with van der Waals surface area (Å²) in [4.78, 5) is 0. The summed E-state index contributed by atoms with van der Waals surface area (Å²) in [6.07, 6.45) is 4.04. The maximum Gasteiger partial charge on any atom is 0.383 e. The molecule has 2 heterocycles. The molecule has 3 rings (SSSR count). The second kappa shape index (κ2) is 4.90. The monoisotopic (exact) mass is 292 g/mol. The Kier molecular flexibility index (Phi) is 3.24. The Morgan fingerprint density at radius 3 is 2.42 bits per heavy atom. The van der Waals surface area contributed by atoms with Crippen LogP contribution in [0.2, 0.25) is 0 Å². The fraction of sp³-hybridized carbons (Fsp3) is 0.250. The quantitative estimate of drug-likeness (QED) is 0.545. The van der Waals surface area contributed by atoms with E-state index in [0.717, 1.165) is 21.8 Å². The molecule has 0 aliphatic carbocycles. The molecule has 0 N–H and O–H groups in total. The molecular weight excluding hydrogens is 278 g/mol. The van der Waals surface area contributed by atoms with E-state index >= 15 is 0 Å². The molecule has 0 aliphatic rings. The third kappa shape index (κ3) is 1.93. The fourth-order valence-corrected chi connectivity index (χ4v) is 3.08. The van der Waals surface area contributed by atoms with E-state index in [2.05, 4.69) is 26.9 Å². The van der Waals surface area contributed by atoms with Crippen molar-refractivity contribution in [2.24, 2.45) is 7.05 Å². The van der Waals surface area contributed by atoms with Gasteiger partial charge in [0.2, 0.25) is 0 Å². The van der Waals surface area contributed by atoms with Gasteiger partial charge in [-0.2, -0.15) is 9.25 Å². The van der Waals surface area contributed by atoms with Crippen LogP contribution in [0.3, 0.4) is 0 Å². The first-order chi connectivity index (χ1) is 9.26. The second-order valence-electron chi connectivity index (χ2n) is 3.98. The van der Waals surface area contributed by atoms with Gasteiger partial charge >= 0.3 is 10.9 Å². The highest BCUT2D eigenvalue weighted by atomic mass is 32.2. The van der Waals surface area contributed by atoms with Crippen molar-refractivity contribution in [3.63, 3.8) is 0 Å². The van der Waals surface area contributed by atoms with E-state index in [1.807, 2.05) is 47.0 Å². The number of thioether (sulfide) groups is 2. The largest absolute Gasteiger partial charge is 0.383 e. The van der Waals surface area contributed by atoms with Crippen LogP contribution in [0.15, 0.2) is 40.6 Å². The molecule has 5 nitrogen and oxygen atoms in total. The lowest BCUT2D eigenvalue weighted by Crippen LogP contribution is -2.33. The molecule has 7 heteroatoms. The van der Waals surface area contributed by atoms with E-state index in [4.69, 9.17) is 0 Å². The van der Waals surface area contributed by atoms with Crippen LogP contribution in [0.5, 0.6) is 0 Å². The highest BCUT2D eigenvalue weighted by Crippen LogP contribution is 2.18. The van der Waals surface area contributed by atoms with E-state index in [-0.39, 0.29) is 0 Å². The smallest absolute Gasteiger partial charge is 0.179 e. The van der Waals surface area contributed by atoms with E-state index in [1.54, 1.807) is 23.5 Å². The molecule has 0 amide bonds. The van der Waals surface area contributed by atoms with Crippen LogP contribution in [0.25, 0.3) is 11.5 Å². The third-order valence-corrected chi connectivity index (χ3v) is 4.10. The minimum absolute atomic E-state index is 0.891.